The maximum Gasteiger partial charge on any atom is 0.254 e. The topological polar surface area (TPSA) is 63.2 Å². The first kappa shape index (κ1) is 19.5. The molecule has 2 aromatic rings. The number of halogens is 1. The second-order valence-corrected chi connectivity index (χ2v) is 7.05. The minimum Gasteiger partial charge on any atom is -0.488 e. The molecule has 0 saturated carbocycles. The number of carbonyl (C=O) groups excluding carboxylic acids is 1. The molecule has 27 heavy (non-hydrogen) atoms. The minimum absolute atomic E-state index is 0.138. The van der Waals surface area contributed by atoms with Crippen molar-refractivity contribution in [2.45, 2.75) is 6.61 Å². The fourth-order valence-corrected chi connectivity index (χ4v) is 2.90. The third-order valence-corrected chi connectivity index (χ3v) is 4.62. The van der Waals surface area contributed by atoms with Gasteiger partial charge in [0.1, 0.15) is 12.4 Å². The van der Waals surface area contributed by atoms with Crippen molar-refractivity contribution in [3.8, 4) is 5.75 Å². The van der Waals surface area contributed by atoms with Gasteiger partial charge in [0.15, 0.2) is 0 Å². The van der Waals surface area contributed by atoms with Gasteiger partial charge in [0.25, 0.3) is 5.91 Å². The number of hydrazone groups is 1. The molecule has 1 aliphatic heterocycles. The first-order valence-electron chi connectivity index (χ1n) is 8.79. The van der Waals surface area contributed by atoms with Crippen LogP contribution in [0.2, 0.25) is 0 Å². The van der Waals surface area contributed by atoms with E-state index < -0.39 is 0 Å². The minimum atomic E-state index is -0.138. The molecule has 0 radical (unpaired) electrons. The van der Waals surface area contributed by atoms with E-state index in [2.05, 4.69) is 26.5 Å². The van der Waals surface area contributed by atoms with Crippen LogP contribution in [0.25, 0.3) is 0 Å². The van der Waals surface area contributed by atoms with E-state index in [0.29, 0.717) is 32.1 Å². The maximum atomic E-state index is 12.0. The van der Waals surface area contributed by atoms with Gasteiger partial charge in [-0.3, -0.25) is 9.69 Å². The molecule has 1 saturated heterocycles. The van der Waals surface area contributed by atoms with E-state index >= 15 is 0 Å². The normalized spacial score (nSPS) is 15.0. The van der Waals surface area contributed by atoms with Gasteiger partial charge in [-0.15, -0.1) is 0 Å². The summed E-state index contributed by atoms with van der Waals surface area (Å²) in [6.45, 7) is 3.65. The van der Waals surface area contributed by atoms with Crippen molar-refractivity contribution < 1.29 is 14.3 Å². The van der Waals surface area contributed by atoms with Crippen molar-refractivity contribution >= 4 is 28.1 Å². The van der Waals surface area contributed by atoms with Crippen molar-refractivity contribution in [3.05, 3.63) is 64.1 Å². The Hall–Kier alpha value is -2.22. The van der Waals surface area contributed by atoms with Crippen LogP contribution in [0.5, 0.6) is 5.75 Å². The van der Waals surface area contributed by atoms with E-state index in [-0.39, 0.29) is 5.91 Å². The third-order valence-electron chi connectivity index (χ3n) is 4.09. The quantitative estimate of drug-likeness (QED) is 0.540. The largest absolute Gasteiger partial charge is 0.488 e. The number of ether oxygens (including phenoxy) is 2. The predicted molar refractivity (Wildman–Crippen MR) is 108 cm³/mol. The second kappa shape index (κ2) is 10.2. The molecule has 1 fully saturated rings. The van der Waals surface area contributed by atoms with Gasteiger partial charge in [-0.2, -0.15) is 5.10 Å². The molecule has 1 heterocycles. The van der Waals surface area contributed by atoms with E-state index in [4.69, 9.17) is 9.47 Å². The molecule has 0 aromatic heterocycles. The van der Waals surface area contributed by atoms with Gasteiger partial charge in [0.05, 0.1) is 26.0 Å². The van der Waals surface area contributed by atoms with Crippen LogP contribution in [-0.2, 0) is 16.1 Å². The molecule has 1 N–H and O–H groups in total. The van der Waals surface area contributed by atoms with Crippen molar-refractivity contribution in [1.82, 2.24) is 10.3 Å². The first-order valence-corrected chi connectivity index (χ1v) is 9.58. The third kappa shape index (κ3) is 6.46. The molecule has 2 aromatic carbocycles. The summed E-state index contributed by atoms with van der Waals surface area (Å²) in [4.78, 5) is 14.0. The Morgan fingerprint density at radius 1 is 1.19 bits per heavy atom. The number of carbonyl (C=O) groups is 1. The molecule has 142 valence electrons. The Labute approximate surface area is 167 Å². The van der Waals surface area contributed by atoms with Crippen LogP contribution >= 0.6 is 15.9 Å². The summed E-state index contributed by atoms with van der Waals surface area (Å²) in [7, 11) is 0. The lowest BCUT2D eigenvalue weighted by atomic mass is 10.2. The summed E-state index contributed by atoms with van der Waals surface area (Å²) in [5.74, 6) is 0.577. The molecule has 0 atom stereocenters. The van der Waals surface area contributed by atoms with Gasteiger partial charge in [0, 0.05) is 23.1 Å². The summed E-state index contributed by atoms with van der Waals surface area (Å²) in [5.41, 5.74) is 4.45. The van der Waals surface area contributed by atoms with Crippen LogP contribution in [0.3, 0.4) is 0 Å². The summed E-state index contributed by atoms with van der Waals surface area (Å²) in [6.07, 6.45) is 1.61. The van der Waals surface area contributed by atoms with Gasteiger partial charge in [-0.1, -0.05) is 40.2 Å². The number of rotatable bonds is 7. The Morgan fingerprint density at radius 2 is 1.93 bits per heavy atom. The molecule has 7 heteroatoms. The zero-order valence-corrected chi connectivity index (χ0v) is 16.5. The highest BCUT2D eigenvalue weighted by atomic mass is 79.9. The number of hydrogen-bond acceptors (Lipinski definition) is 5. The summed E-state index contributed by atoms with van der Waals surface area (Å²) in [5, 5.41) is 4.07. The van der Waals surface area contributed by atoms with Crippen LogP contribution in [0.15, 0.2) is 58.1 Å². The maximum absolute atomic E-state index is 12.0. The lowest BCUT2D eigenvalue weighted by Crippen LogP contribution is -2.42. The molecule has 0 unspecified atom stereocenters. The molecular weight excluding hydrogens is 410 g/mol. The zero-order valence-electron chi connectivity index (χ0n) is 14.9. The SMILES string of the molecule is O=C(CN1CCOCC1)N/N=C\c1ccccc1OCc1ccc(Br)cc1. The second-order valence-electron chi connectivity index (χ2n) is 6.13. The van der Waals surface area contributed by atoms with Crippen molar-refractivity contribution in [3.63, 3.8) is 0 Å². The summed E-state index contributed by atoms with van der Waals surface area (Å²) < 4.78 is 12.2. The Balaban J connectivity index is 1.52. The van der Waals surface area contributed by atoms with Crippen molar-refractivity contribution in [2.24, 2.45) is 5.10 Å². The number of hydrogen-bond donors (Lipinski definition) is 1. The lowest BCUT2D eigenvalue weighted by molar-refractivity contribution is -0.123. The molecule has 1 aliphatic rings. The van der Waals surface area contributed by atoms with E-state index in [1.807, 2.05) is 53.4 Å². The number of para-hydroxylation sites is 1. The highest BCUT2D eigenvalue weighted by Gasteiger charge is 2.13. The van der Waals surface area contributed by atoms with Gasteiger partial charge in [0.2, 0.25) is 0 Å². The zero-order chi connectivity index (χ0) is 18.9. The predicted octanol–water partition coefficient (Wildman–Crippen LogP) is 2.81. The van der Waals surface area contributed by atoms with Crippen LogP contribution in [-0.4, -0.2) is 49.9 Å². The number of nitrogens with one attached hydrogen (secondary N) is 1. The molecule has 6 nitrogen and oxygen atoms in total. The van der Waals surface area contributed by atoms with E-state index in [9.17, 15) is 4.79 Å². The smallest absolute Gasteiger partial charge is 0.254 e. The highest BCUT2D eigenvalue weighted by molar-refractivity contribution is 9.10. The van der Waals surface area contributed by atoms with Crippen LogP contribution in [0.4, 0.5) is 0 Å². The fraction of sp³-hybridized carbons (Fsp3) is 0.300. The first-order chi connectivity index (χ1) is 13.2. The fourth-order valence-electron chi connectivity index (χ4n) is 2.63. The van der Waals surface area contributed by atoms with Gasteiger partial charge < -0.3 is 9.47 Å². The van der Waals surface area contributed by atoms with Gasteiger partial charge in [-0.05, 0) is 29.8 Å². The number of benzene rings is 2. The molecule has 0 aliphatic carbocycles. The average Bonchev–Trinajstić information content (AvgIpc) is 2.69. The molecular formula is C20H22BrN3O3. The average molecular weight is 432 g/mol. The van der Waals surface area contributed by atoms with Gasteiger partial charge in [-0.25, -0.2) is 5.43 Å². The van der Waals surface area contributed by atoms with Gasteiger partial charge >= 0.3 is 0 Å². The standard InChI is InChI=1S/C20H22BrN3O3/c21-18-7-5-16(6-8-18)15-27-19-4-2-1-3-17(19)13-22-23-20(25)14-24-9-11-26-12-10-24/h1-8,13H,9-12,14-15H2,(H,23,25)/b22-13-. The molecule has 1 amide bonds. The van der Waals surface area contributed by atoms with E-state index in [1.54, 1.807) is 6.21 Å². The van der Waals surface area contributed by atoms with E-state index in [0.717, 1.165) is 28.7 Å². The Bertz CT molecular complexity index is 774. The summed E-state index contributed by atoms with van der Waals surface area (Å²) in [6, 6.07) is 15.6. The monoisotopic (exact) mass is 431 g/mol. The number of amides is 1. The number of morpholine rings is 1. The van der Waals surface area contributed by atoms with Crippen LogP contribution in [0, 0.1) is 0 Å². The van der Waals surface area contributed by atoms with Crippen molar-refractivity contribution in [2.75, 3.05) is 32.8 Å². The molecule has 3 rings (SSSR count). The van der Waals surface area contributed by atoms with E-state index in [1.165, 1.54) is 0 Å². The summed E-state index contributed by atoms with van der Waals surface area (Å²) >= 11 is 3.42. The van der Waals surface area contributed by atoms with Crippen LogP contribution in [0.1, 0.15) is 11.1 Å². The van der Waals surface area contributed by atoms with Crippen molar-refractivity contribution in [1.29, 1.82) is 0 Å². The number of nitrogens with zero attached hydrogens (tertiary/aromatic N) is 2. The molecule has 0 spiro atoms. The highest BCUT2D eigenvalue weighted by Crippen LogP contribution is 2.18. The Morgan fingerprint density at radius 3 is 2.70 bits per heavy atom. The van der Waals surface area contributed by atoms with Crippen LogP contribution < -0.4 is 10.2 Å². The molecule has 0 bridgehead atoms. The lowest BCUT2D eigenvalue weighted by Gasteiger charge is -2.25. The Kier molecular flexibility index (Phi) is 7.38.